The second kappa shape index (κ2) is 10.3. The van der Waals surface area contributed by atoms with E-state index in [9.17, 15) is 18.0 Å². The molecule has 0 aliphatic heterocycles. The zero-order valence-electron chi connectivity index (χ0n) is 18.9. The third-order valence-electron chi connectivity index (χ3n) is 5.35. The largest absolute Gasteiger partial charge is 0.489 e. The molecule has 0 N–H and O–H groups in total. The van der Waals surface area contributed by atoms with Crippen LogP contribution < -0.4 is 9.47 Å². The van der Waals surface area contributed by atoms with Crippen LogP contribution in [0.25, 0.3) is 22.3 Å². The van der Waals surface area contributed by atoms with E-state index in [0.29, 0.717) is 22.4 Å². The zero-order chi connectivity index (χ0) is 24.9. The van der Waals surface area contributed by atoms with Gasteiger partial charge in [-0.3, -0.25) is 0 Å². The molecule has 176 valence electrons. The lowest BCUT2D eigenvalue weighted by Crippen LogP contribution is -2.12. The van der Waals surface area contributed by atoms with E-state index in [-0.39, 0.29) is 17.9 Å². The molecular weight excluding hydrogens is 453 g/mol. The van der Waals surface area contributed by atoms with Gasteiger partial charge in [0.2, 0.25) is 0 Å². The number of rotatable bonds is 7. The van der Waals surface area contributed by atoms with E-state index in [1.165, 1.54) is 30.3 Å². The minimum atomic E-state index is -1.29. The van der Waals surface area contributed by atoms with Crippen molar-refractivity contribution < 1.29 is 27.4 Å². The molecule has 0 aliphatic rings. The fourth-order valence-electron chi connectivity index (χ4n) is 3.50. The highest BCUT2D eigenvalue weighted by Crippen LogP contribution is 2.30. The highest BCUT2D eigenvalue weighted by molar-refractivity contribution is 5.92. The van der Waals surface area contributed by atoms with Crippen molar-refractivity contribution in [3.63, 3.8) is 0 Å². The monoisotopic (exact) mass is 474 g/mol. The van der Waals surface area contributed by atoms with Gasteiger partial charge in [0.1, 0.15) is 23.9 Å². The summed E-state index contributed by atoms with van der Waals surface area (Å²) in [5.41, 5.74) is 1.87. The number of carbonyl (C=O) groups is 1. The summed E-state index contributed by atoms with van der Waals surface area (Å²) in [6.07, 6.45) is 1.56. The summed E-state index contributed by atoms with van der Waals surface area (Å²) in [6, 6.07) is 19.9. The first kappa shape index (κ1) is 23.8. The van der Waals surface area contributed by atoms with Crippen LogP contribution in [0, 0.1) is 24.4 Å². The maximum atomic E-state index is 14.7. The van der Waals surface area contributed by atoms with Crippen molar-refractivity contribution in [2.45, 2.75) is 6.92 Å². The van der Waals surface area contributed by atoms with E-state index in [1.807, 2.05) is 6.92 Å². The van der Waals surface area contributed by atoms with Gasteiger partial charge < -0.3 is 9.47 Å². The Bertz CT molecular complexity index is 1380. The third kappa shape index (κ3) is 5.27. The summed E-state index contributed by atoms with van der Waals surface area (Å²) in [5, 5.41) is 0. The summed E-state index contributed by atoms with van der Waals surface area (Å²) in [6.45, 7) is 5.70. The molecule has 0 radical (unpaired) electrons. The number of benzene rings is 4. The first-order valence-corrected chi connectivity index (χ1v) is 10.8. The maximum absolute atomic E-state index is 14.7. The highest BCUT2D eigenvalue weighted by Gasteiger charge is 2.21. The Labute approximate surface area is 201 Å². The lowest BCUT2D eigenvalue weighted by molar-refractivity contribution is 0.0728. The highest BCUT2D eigenvalue weighted by atomic mass is 19.2. The molecule has 0 aliphatic carbocycles. The Morgan fingerprint density at radius 2 is 1.40 bits per heavy atom. The van der Waals surface area contributed by atoms with Crippen LogP contribution in [-0.4, -0.2) is 12.6 Å². The Kier molecular flexibility index (Phi) is 7.01. The molecule has 35 heavy (non-hydrogen) atoms. The second-order valence-electron chi connectivity index (χ2n) is 7.81. The van der Waals surface area contributed by atoms with E-state index in [2.05, 4.69) is 6.58 Å². The average molecular weight is 474 g/mol. The van der Waals surface area contributed by atoms with Crippen molar-refractivity contribution in [2.75, 3.05) is 6.61 Å². The van der Waals surface area contributed by atoms with E-state index in [1.54, 1.807) is 54.6 Å². The summed E-state index contributed by atoms with van der Waals surface area (Å²) in [4.78, 5) is 12.5. The van der Waals surface area contributed by atoms with Gasteiger partial charge in [0.15, 0.2) is 11.6 Å². The van der Waals surface area contributed by atoms with Crippen LogP contribution in [0.1, 0.15) is 15.9 Å². The third-order valence-corrected chi connectivity index (χ3v) is 5.35. The molecule has 0 unspecified atom stereocenters. The minimum absolute atomic E-state index is 0.0475. The van der Waals surface area contributed by atoms with Gasteiger partial charge in [-0.2, -0.15) is 0 Å². The molecule has 0 amide bonds. The van der Waals surface area contributed by atoms with E-state index < -0.39 is 29.0 Å². The molecule has 3 nitrogen and oxygen atoms in total. The lowest BCUT2D eigenvalue weighted by Gasteiger charge is -2.10. The van der Waals surface area contributed by atoms with Crippen molar-refractivity contribution in [2.24, 2.45) is 0 Å². The smallest absolute Gasteiger partial charge is 0.346 e. The topological polar surface area (TPSA) is 35.5 Å². The number of halogens is 3. The normalized spacial score (nSPS) is 10.6. The first-order valence-electron chi connectivity index (χ1n) is 10.8. The number of ether oxygens (including phenoxy) is 2. The van der Waals surface area contributed by atoms with Gasteiger partial charge in [-0.25, -0.2) is 18.0 Å². The molecule has 0 heterocycles. The van der Waals surface area contributed by atoms with E-state index in [0.717, 1.165) is 5.56 Å². The SMILES string of the molecule is C=CCOc1ccc(-c2ccc(OC(=O)c3ccc(-c4ccc(C)cc4)c(F)c3F)cc2)c(F)c1. The van der Waals surface area contributed by atoms with Crippen molar-refractivity contribution >= 4 is 5.97 Å². The molecule has 0 aromatic heterocycles. The molecule has 0 spiro atoms. The summed E-state index contributed by atoms with van der Waals surface area (Å²) >= 11 is 0. The van der Waals surface area contributed by atoms with Crippen LogP contribution in [0.3, 0.4) is 0 Å². The van der Waals surface area contributed by atoms with E-state index in [4.69, 9.17) is 9.47 Å². The quantitative estimate of drug-likeness (QED) is 0.158. The summed E-state index contributed by atoms with van der Waals surface area (Å²) < 4.78 is 54.4. The predicted molar refractivity (Wildman–Crippen MR) is 129 cm³/mol. The van der Waals surface area contributed by atoms with Gasteiger partial charge in [0.25, 0.3) is 0 Å². The Hall–Kier alpha value is -4.32. The standard InChI is InChI=1S/C29H21F3O3/c1-3-16-34-22-12-13-23(26(30)17-22)19-8-10-21(11-9-19)35-29(33)25-15-14-24(27(31)28(25)32)20-6-4-18(2)5-7-20/h3-15,17H,1,16H2,2H3. The average Bonchev–Trinajstić information content (AvgIpc) is 2.85. The molecule has 0 fully saturated rings. The van der Waals surface area contributed by atoms with Gasteiger partial charge in [-0.15, -0.1) is 0 Å². The molecule has 0 saturated heterocycles. The van der Waals surface area contributed by atoms with Crippen LogP contribution in [0.5, 0.6) is 11.5 Å². The Morgan fingerprint density at radius 1 is 0.800 bits per heavy atom. The number of hydrogen-bond acceptors (Lipinski definition) is 3. The summed E-state index contributed by atoms with van der Waals surface area (Å²) in [7, 11) is 0. The Morgan fingerprint density at radius 3 is 2.06 bits per heavy atom. The van der Waals surface area contributed by atoms with Gasteiger partial charge in [0, 0.05) is 17.2 Å². The minimum Gasteiger partial charge on any atom is -0.489 e. The van der Waals surface area contributed by atoms with Crippen LogP contribution in [0.2, 0.25) is 0 Å². The molecule has 0 saturated carbocycles. The molecule has 0 atom stereocenters. The zero-order valence-corrected chi connectivity index (χ0v) is 18.9. The van der Waals surface area contributed by atoms with Crippen molar-refractivity contribution in [1.29, 1.82) is 0 Å². The lowest BCUT2D eigenvalue weighted by atomic mass is 10.0. The molecule has 4 rings (SSSR count). The maximum Gasteiger partial charge on any atom is 0.346 e. The predicted octanol–water partition coefficient (Wildman–Crippen LogP) is 7.53. The Balaban J connectivity index is 1.50. The fourth-order valence-corrected chi connectivity index (χ4v) is 3.50. The molecule has 4 aromatic carbocycles. The van der Waals surface area contributed by atoms with Crippen molar-refractivity contribution in [3.05, 3.63) is 120 Å². The molecule has 4 aromatic rings. The number of hydrogen-bond donors (Lipinski definition) is 0. The van der Waals surface area contributed by atoms with Gasteiger partial charge in [-0.05, 0) is 48.4 Å². The number of esters is 1. The first-order chi connectivity index (χ1) is 16.9. The summed E-state index contributed by atoms with van der Waals surface area (Å²) in [5.74, 6) is -3.46. The van der Waals surface area contributed by atoms with Crippen molar-refractivity contribution in [3.8, 4) is 33.8 Å². The van der Waals surface area contributed by atoms with Crippen molar-refractivity contribution in [1.82, 2.24) is 0 Å². The van der Waals surface area contributed by atoms with Crippen LogP contribution in [0.15, 0.2) is 91.5 Å². The van der Waals surface area contributed by atoms with Crippen LogP contribution in [0.4, 0.5) is 13.2 Å². The molecule has 6 heteroatoms. The molecule has 0 bridgehead atoms. The van der Waals surface area contributed by atoms with E-state index >= 15 is 0 Å². The molecular formula is C29H21F3O3. The van der Waals surface area contributed by atoms with Gasteiger partial charge in [0.05, 0.1) is 5.56 Å². The van der Waals surface area contributed by atoms with Crippen LogP contribution >= 0.6 is 0 Å². The fraction of sp³-hybridized carbons (Fsp3) is 0.0690. The van der Waals surface area contributed by atoms with Crippen LogP contribution in [-0.2, 0) is 0 Å². The van der Waals surface area contributed by atoms with Gasteiger partial charge in [-0.1, -0.05) is 60.7 Å². The number of carbonyl (C=O) groups excluding carboxylic acids is 1. The second-order valence-corrected chi connectivity index (χ2v) is 7.81. The van der Waals surface area contributed by atoms with Gasteiger partial charge >= 0.3 is 5.97 Å². The number of aryl methyl sites for hydroxylation is 1.